The van der Waals surface area contributed by atoms with E-state index in [1.54, 1.807) is 6.07 Å². The Morgan fingerprint density at radius 2 is 1.72 bits per heavy atom. The molecule has 1 heterocycles. The number of hydrogen-bond acceptors (Lipinski definition) is 4. The van der Waals surface area contributed by atoms with Crippen LogP contribution < -0.4 is 4.74 Å². The van der Waals surface area contributed by atoms with E-state index < -0.39 is 5.97 Å². The van der Waals surface area contributed by atoms with E-state index in [9.17, 15) is 9.90 Å². The molecule has 0 fully saturated rings. The van der Waals surface area contributed by atoms with Crippen molar-refractivity contribution in [2.24, 2.45) is 0 Å². The van der Waals surface area contributed by atoms with Gasteiger partial charge in [0.2, 0.25) is 0 Å². The second kappa shape index (κ2) is 5.98. The number of phenols is 1. The molecule has 0 bridgehead atoms. The van der Waals surface area contributed by atoms with E-state index in [0.29, 0.717) is 23.1 Å². The lowest BCUT2D eigenvalue weighted by atomic mass is 9.93. The van der Waals surface area contributed by atoms with E-state index in [2.05, 4.69) is 0 Å². The maximum atomic E-state index is 12.2. The Labute approximate surface area is 144 Å². The van der Waals surface area contributed by atoms with Crippen LogP contribution in [0.1, 0.15) is 21.5 Å². The third-order valence-corrected chi connectivity index (χ3v) is 4.39. The number of esters is 1. The average molecular weight is 332 g/mol. The summed E-state index contributed by atoms with van der Waals surface area (Å²) in [6.45, 7) is 0. The molecule has 0 aromatic heterocycles. The van der Waals surface area contributed by atoms with Gasteiger partial charge in [0.15, 0.2) is 0 Å². The van der Waals surface area contributed by atoms with Crippen molar-refractivity contribution in [2.75, 3.05) is 7.11 Å². The van der Waals surface area contributed by atoms with E-state index >= 15 is 0 Å². The summed E-state index contributed by atoms with van der Waals surface area (Å²) in [4.78, 5) is 12.2. The molecule has 1 aliphatic rings. The smallest absolute Gasteiger partial charge is 0.342 e. The van der Waals surface area contributed by atoms with Crippen molar-refractivity contribution in [1.82, 2.24) is 0 Å². The average Bonchev–Trinajstić information content (AvgIpc) is 2.68. The van der Waals surface area contributed by atoms with Crippen LogP contribution in [0.3, 0.4) is 0 Å². The summed E-state index contributed by atoms with van der Waals surface area (Å²) in [6.07, 6.45) is 2.39. The summed E-state index contributed by atoms with van der Waals surface area (Å²) in [5, 5.41) is 11.9. The van der Waals surface area contributed by atoms with Gasteiger partial charge in [0, 0.05) is 21.9 Å². The molecule has 0 saturated heterocycles. The molecule has 0 amide bonds. The van der Waals surface area contributed by atoms with Gasteiger partial charge in [-0.2, -0.15) is 0 Å². The van der Waals surface area contributed by atoms with Crippen molar-refractivity contribution < 1.29 is 19.4 Å². The Balaban J connectivity index is 1.95. The first-order valence-corrected chi connectivity index (χ1v) is 7.99. The summed E-state index contributed by atoms with van der Waals surface area (Å²) in [7, 11) is 1.30. The van der Waals surface area contributed by atoms with Gasteiger partial charge in [-0.3, -0.25) is 0 Å². The molecular weight excluding hydrogens is 316 g/mol. The lowest BCUT2D eigenvalue weighted by Crippen LogP contribution is -2.12. The van der Waals surface area contributed by atoms with Crippen LogP contribution in [0.2, 0.25) is 0 Å². The Morgan fingerprint density at radius 3 is 2.44 bits per heavy atom. The number of rotatable bonds is 2. The van der Waals surface area contributed by atoms with Crippen LogP contribution in [0.25, 0.3) is 16.5 Å². The Morgan fingerprint density at radius 1 is 1.04 bits per heavy atom. The topological polar surface area (TPSA) is 55.8 Å². The zero-order chi connectivity index (χ0) is 17.4. The molecule has 4 rings (SSSR count). The number of carbonyl (C=O) groups excluding carboxylic acids is 1. The summed E-state index contributed by atoms with van der Waals surface area (Å²) < 4.78 is 11.0. The lowest BCUT2D eigenvalue weighted by molar-refractivity contribution is 0.0596. The van der Waals surface area contributed by atoms with E-state index in [1.807, 2.05) is 54.6 Å². The summed E-state index contributed by atoms with van der Waals surface area (Å²) in [5.74, 6) is 0.691. The first-order valence-electron chi connectivity index (χ1n) is 7.99. The van der Waals surface area contributed by atoms with Crippen molar-refractivity contribution in [3.63, 3.8) is 0 Å². The highest BCUT2D eigenvalue weighted by atomic mass is 16.5. The zero-order valence-electron chi connectivity index (χ0n) is 13.7. The number of methoxy groups -OCH3 is 1. The minimum atomic E-state index is -0.570. The van der Waals surface area contributed by atoms with Crippen molar-refractivity contribution in [3.8, 4) is 11.5 Å². The normalized spacial score (nSPS) is 12.9. The zero-order valence-corrected chi connectivity index (χ0v) is 13.7. The Bertz CT molecular complexity index is 1000. The number of carbonyl (C=O) groups is 1. The molecule has 1 aliphatic heterocycles. The van der Waals surface area contributed by atoms with E-state index in [-0.39, 0.29) is 11.3 Å². The Hall–Kier alpha value is -3.27. The van der Waals surface area contributed by atoms with Gasteiger partial charge in [-0.15, -0.1) is 0 Å². The highest BCUT2D eigenvalue weighted by Gasteiger charge is 2.28. The number of allylic oxidation sites excluding steroid dienone is 1. The number of benzene rings is 3. The van der Waals surface area contributed by atoms with Gasteiger partial charge in [-0.25, -0.2) is 4.79 Å². The third kappa shape index (κ3) is 2.43. The van der Waals surface area contributed by atoms with Gasteiger partial charge in [-0.1, -0.05) is 54.6 Å². The van der Waals surface area contributed by atoms with Gasteiger partial charge >= 0.3 is 5.97 Å². The SMILES string of the molecule is COC(=O)c1c2c(c3ccccc3c1O)OC(c1ccccc1)=CC2. The molecule has 0 unspecified atom stereocenters. The quantitative estimate of drug-likeness (QED) is 0.711. The minimum absolute atomic E-state index is 0.0682. The molecule has 25 heavy (non-hydrogen) atoms. The van der Waals surface area contributed by atoms with Crippen molar-refractivity contribution in [3.05, 3.63) is 77.4 Å². The molecule has 124 valence electrons. The molecule has 3 aromatic carbocycles. The fourth-order valence-corrected chi connectivity index (χ4v) is 3.20. The molecule has 0 spiro atoms. The predicted molar refractivity (Wildman–Crippen MR) is 95.7 cm³/mol. The van der Waals surface area contributed by atoms with Gasteiger partial charge < -0.3 is 14.6 Å². The van der Waals surface area contributed by atoms with Crippen LogP contribution >= 0.6 is 0 Å². The highest BCUT2D eigenvalue weighted by molar-refractivity contribution is 6.06. The molecule has 0 saturated carbocycles. The monoisotopic (exact) mass is 332 g/mol. The molecule has 1 N–H and O–H groups in total. The van der Waals surface area contributed by atoms with Crippen LogP contribution in [0.15, 0.2) is 60.7 Å². The highest BCUT2D eigenvalue weighted by Crippen LogP contribution is 2.44. The first-order chi connectivity index (χ1) is 12.2. The van der Waals surface area contributed by atoms with Crippen LogP contribution in [-0.4, -0.2) is 18.2 Å². The number of hydrogen-bond donors (Lipinski definition) is 1. The Kier molecular flexibility index (Phi) is 3.65. The summed E-state index contributed by atoms with van der Waals surface area (Å²) in [5.41, 5.74) is 1.77. The van der Waals surface area contributed by atoms with Crippen molar-refractivity contribution in [2.45, 2.75) is 6.42 Å². The molecule has 3 aromatic rings. The molecule has 0 atom stereocenters. The maximum absolute atomic E-state index is 12.2. The second-order valence-electron chi connectivity index (χ2n) is 5.81. The summed E-state index contributed by atoms with van der Waals surface area (Å²) >= 11 is 0. The van der Waals surface area contributed by atoms with Gasteiger partial charge in [0.1, 0.15) is 22.8 Å². The van der Waals surface area contributed by atoms with Crippen molar-refractivity contribution >= 4 is 22.5 Å². The number of ether oxygens (including phenoxy) is 2. The fraction of sp³-hybridized carbons (Fsp3) is 0.0952. The van der Waals surface area contributed by atoms with Crippen LogP contribution in [0.5, 0.6) is 11.5 Å². The van der Waals surface area contributed by atoms with Crippen molar-refractivity contribution in [1.29, 1.82) is 0 Å². The summed E-state index contributed by atoms with van der Waals surface area (Å²) in [6, 6.07) is 17.1. The lowest BCUT2D eigenvalue weighted by Gasteiger charge is -2.23. The number of phenolic OH excluding ortho intramolecular Hbond substituents is 1. The molecule has 0 radical (unpaired) electrons. The fourth-order valence-electron chi connectivity index (χ4n) is 3.20. The van der Waals surface area contributed by atoms with Gasteiger partial charge in [0.25, 0.3) is 0 Å². The second-order valence-corrected chi connectivity index (χ2v) is 5.81. The van der Waals surface area contributed by atoms with Gasteiger partial charge in [0.05, 0.1) is 7.11 Å². The molecular formula is C21H16O4. The standard InChI is InChI=1S/C21H16O4/c1-24-21(23)18-16-11-12-17(13-7-3-2-4-8-13)25-20(16)15-10-6-5-9-14(15)19(18)22/h2-10,12,22H,11H2,1H3. The molecule has 4 nitrogen and oxygen atoms in total. The largest absolute Gasteiger partial charge is 0.506 e. The van der Waals surface area contributed by atoms with Crippen LogP contribution in [0.4, 0.5) is 0 Å². The first kappa shape index (κ1) is 15.3. The van der Waals surface area contributed by atoms with Gasteiger partial charge in [-0.05, 0) is 12.5 Å². The minimum Gasteiger partial charge on any atom is -0.506 e. The maximum Gasteiger partial charge on any atom is 0.342 e. The molecule has 0 aliphatic carbocycles. The number of fused-ring (bicyclic) bond motifs is 3. The number of aromatic hydroxyl groups is 1. The predicted octanol–water partition coefficient (Wildman–Crippen LogP) is 4.31. The van der Waals surface area contributed by atoms with E-state index in [0.717, 1.165) is 16.7 Å². The van der Waals surface area contributed by atoms with Crippen LogP contribution in [0, 0.1) is 0 Å². The third-order valence-electron chi connectivity index (χ3n) is 4.39. The molecule has 4 heteroatoms. The van der Waals surface area contributed by atoms with E-state index in [4.69, 9.17) is 9.47 Å². The van der Waals surface area contributed by atoms with Crippen LogP contribution in [-0.2, 0) is 11.2 Å². The van der Waals surface area contributed by atoms with E-state index in [1.165, 1.54) is 7.11 Å².